The Hall–Kier alpha value is -4.78. The summed E-state index contributed by atoms with van der Waals surface area (Å²) in [5.74, 6) is 1.60. The zero-order valence-electron chi connectivity index (χ0n) is 19.8. The normalized spacial score (nSPS) is 18.5. The molecule has 4 aromatic carbocycles. The van der Waals surface area contributed by atoms with E-state index in [2.05, 4.69) is 5.32 Å². The van der Waals surface area contributed by atoms with Crippen LogP contribution < -0.4 is 24.4 Å². The number of carbonyl (C=O) groups is 2. The van der Waals surface area contributed by atoms with Gasteiger partial charge in [0.1, 0.15) is 17.8 Å². The lowest BCUT2D eigenvalue weighted by molar-refractivity contribution is -0.122. The van der Waals surface area contributed by atoms with Crippen molar-refractivity contribution in [2.24, 2.45) is 0 Å². The average Bonchev–Trinajstić information content (AvgIpc) is 3.61. The van der Waals surface area contributed by atoms with E-state index in [0.29, 0.717) is 29.4 Å². The van der Waals surface area contributed by atoms with Crippen molar-refractivity contribution >= 4 is 23.2 Å². The standard InChI is InChI=1S/C30H22N2O5/c33-28(31-21-9-2-1-3-10-21)20-8-6-7-19(13-20)16-32-24-12-5-4-11-22(24)30(29(32)34)17-35-25-15-27-26(14-23(25)30)36-18-37-27/h1-15H,16-18H2,(H,31,33). The van der Waals surface area contributed by atoms with Crippen molar-refractivity contribution in [1.82, 2.24) is 0 Å². The van der Waals surface area contributed by atoms with Crippen molar-refractivity contribution < 1.29 is 23.8 Å². The molecule has 182 valence electrons. The van der Waals surface area contributed by atoms with Crippen molar-refractivity contribution in [2.75, 3.05) is 23.6 Å². The number of rotatable bonds is 4. The van der Waals surface area contributed by atoms with E-state index in [4.69, 9.17) is 14.2 Å². The van der Waals surface area contributed by atoms with Crippen molar-refractivity contribution in [3.63, 3.8) is 0 Å². The first-order valence-corrected chi connectivity index (χ1v) is 12.1. The first kappa shape index (κ1) is 21.5. The summed E-state index contributed by atoms with van der Waals surface area (Å²) in [6, 6.07) is 28.2. The topological polar surface area (TPSA) is 77.1 Å². The van der Waals surface area contributed by atoms with Gasteiger partial charge in [0.2, 0.25) is 12.7 Å². The third kappa shape index (κ3) is 3.27. The molecule has 0 aromatic heterocycles. The number of nitrogens with zero attached hydrogens (tertiary/aromatic N) is 1. The van der Waals surface area contributed by atoms with Crippen molar-refractivity contribution in [3.05, 3.63) is 113 Å². The van der Waals surface area contributed by atoms with Crippen LogP contribution in [0.3, 0.4) is 0 Å². The van der Waals surface area contributed by atoms with Crippen LogP contribution in [-0.4, -0.2) is 25.2 Å². The number of ether oxygens (including phenoxy) is 3. The van der Waals surface area contributed by atoms with Gasteiger partial charge in [-0.3, -0.25) is 9.59 Å². The number of amides is 2. The monoisotopic (exact) mass is 490 g/mol. The van der Waals surface area contributed by atoms with Crippen molar-refractivity contribution in [2.45, 2.75) is 12.0 Å². The zero-order chi connectivity index (χ0) is 25.0. The van der Waals surface area contributed by atoms with Gasteiger partial charge in [-0.2, -0.15) is 0 Å². The Morgan fingerprint density at radius 1 is 0.811 bits per heavy atom. The number of nitrogens with one attached hydrogen (secondary N) is 1. The molecule has 3 aliphatic heterocycles. The van der Waals surface area contributed by atoms with Gasteiger partial charge in [0.25, 0.3) is 5.91 Å². The Bertz CT molecular complexity index is 1570. The van der Waals surface area contributed by atoms with Gasteiger partial charge >= 0.3 is 0 Å². The van der Waals surface area contributed by atoms with E-state index >= 15 is 0 Å². The quantitative estimate of drug-likeness (QED) is 0.441. The average molecular weight is 491 g/mol. The molecule has 3 aliphatic rings. The molecular weight excluding hydrogens is 468 g/mol. The summed E-state index contributed by atoms with van der Waals surface area (Å²) in [7, 11) is 0. The second kappa shape index (κ2) is 8.13. The van der Waals surface area contributed by atoms with Gasteiger partial charge in [0.05, 0.1) is 6.54 Å². The Morgan fingerprint density at radius 3 is 2.46 bits per heavy atom. The Morgan fingerprint density at radius 2 is 1.59 bits per heavy atom. The molecule has 1 unspecified atom stereocenters. The van der Waals surface area contributed by atoms with Gasteiger partial charge in [-0.05, 0) is 47.5 Å². The molecule has 0 saturated carbocycles. The number of benzene rings is 4. The Kier molecular flexibility index (Phi) is 4.72. The van der Waals surface area contributed by atoms with Crippen LogP contribution >= 0.6 is 0 Å². The van der Waals surface area contributed by atoms with Crippen LogP contribution in [0.25, 0.3) is 0 Å². The van der Waals surface area contributed by atoms with E-state index < -0.39 is 5.41 Å². The predicted molar refractivity (Wildman–Crippen MR) is 137 cm³/mol. The maximum atomic E-state index is 14.2. The smallest absolute Gasteiger partial charge is 0.255 e. The highest BCUT2D eigenvalue weighted by Gasteiger charge is 2.57. The second-order valence-electron chi connectivity index (χ2n) is 9.32. The Balaban J connectivity index is 1.23. The molecule has 0 radical (unpaired) electrons. The molecule has 4 aromatic rings. The van der Waals surface area contributed by atoms with Crippen LogP contribution in [-0.2, 0) is 16.8 Å². The fraction of sp³-hybridized carbons (Fsp3) is 0.133. The molecule has 0 saturated heterocycles. The van der Waals surface area contributed by atoms with Crippen LogP contribution in [0.2, 0.25) is 0 Å². The van der Waals surface area contributed by atoms with E-state index in [1.165, 1.54) is 0 Å². The van der Waals surface area contributed by atoms with E-state index in [1.54, 1.807) is 17.0 Å². The number of fused-ring (bicyclic) bond motifs is 5. The highest BCUT2D eigenvalue weighted by atomic mass is 16.7. The number of hydrogen-bond acceptors (Lipinski definition) is 5. The van der Waals surface area contributed by atoms with Crippen molar-refractivity contribution in [1.29, 1.82) is 0 Å². The van der Waals surface area contributed by atoms with Crippen molar-refractivity contribution in [3.8, 4) is 17.2 Å². The molecule has 0 bridgehead atoms. The van der Waals surface area contributed by atoms with Gasteiger partial charge in [-0.15, -0.1) is 0 Å². The SMILES string of the molecule is O=C(Nc1ccccc1)c1cccc(CN2C(=O)C3(COc4cc5c(cc43)OCO5)c3ccccc32)c1. The highest BCUT2D eigenvalue weighted by molar-refractivity contribution is 6.11. The fourth-order valence-corrected chi connectivity index (χ4v) is 5.44. The molecule has 7 heteroatoms. The largest absolute Gasteiger partial charge is 0.491 e. The molecular formula is C30H22N2O5. The lowest BCUT2D eigenvalue weighted by Crippen LogP contribution is -2.42. The molecule has 1 N–H and O–H groups in total. The first-order chi connectivity index (χ1) is 18.1. The summed E-state index contributed by atoms with van der Waals surface area (Å²) in [4.78, 5) is 28.9. The minimum atomic E-state index is -0.963. The summed E-state index contributed by atoms with van der Waals surface area (Å²) in [6.07, 6.45) is 0. The van der Waals surface area contributed by atoms with Gasteiger partial charge < -0.3 is 24.4 Å². The van der Waals surface area contributed by atoms with Gasteiger partial charge in [0, 0.05) is 28.6 Å². The van der Waals surface area contributed by atoms with E-state index in [1.807, 2.05) is 78.9 Å². The lowest BCUT2D eigenvalue weighted by atomic mass is 9.77. The first-order valence-electron chi connectivity index (χ1n) is 12.1. The summed E-state index contributed by atoms with van der Waals surface area (Å²) in [6.45, 7) is 0.678. The number of hydrogen-bond donors (Lipinski definition) is 1. The zero-order valence-corrected chi connectivity index (χ0v) is 19.8. The molecule has 0 fully saturated rings. The molecule has 37 heavy (non-hydrogen) atoms. The maximum Gasteiger partial charge on any atom is 0.255 e. The molecule has 7 rings (SSSR count). The molecule has 1 spiro atoms. The Labute approximate surface area is 213 Å². The minimum absolute atomic E-state index is 0.0644. The second-order valence-corrected chi connectivity index (χ2v) is 9.32. The summed E-state index contributed by atoms with van der Waals surface area (Å²) >= 11 is 0. The summed E-state index contributed by atoms with van der Waals surface area (Å²) in [5, 5.41) is 2.92. The molecule has 7 nitrogen and oxygen atoms in total. The van der Waals surface area contributed by atoms with Crippen LogP contribution in [0.5, 0.6) is 17.2 Å². The van der Waals surface area contributed by atoms with Gasteiger partial charge in [0.15, 0.2) is 11.5 Å². The van der Waals surface area contributed by atoms with Crippen LogP contribution in [0.1, 0.15) is 27.0 Å². The van der Waals surface area contributed by atoms with Crippen LogP contribution in [0.15, 0.2) is 91.0 Å². The van der Waals surface area contributed by atoms with E-state index in [-0.39, 0.29) is 25.2 Å². The number of anilines is 2. The van der Waals surface area contributed by atoms with Crippen LogP contribution in [0.4, 0.5) is 11.4 Å². The molecule has 1 atom stereocenters. The highest BCUT2D eigenvalue weighted by Crippen LogP contribution is 2.55. The maximum absolute atomic E-state index is 14.2. The third-order valence-corrected chi connectivity index (χ3v) is 7.21. The molecule has 3 heterocycles. The minimum Gasteiger partial charge on any atom is -0.491 e. The number of para-hydroxylation sites is 2. The molecule has 2 amide bonds. The van der Waals surface area contributed by atoms with E-state index in [9.17, 15) is 9.59 Å². The van der Waals surface area contributed by atoms with Gasteiger partial charge in [-0.1, -0.05) is 48.5 Å². The van der Waals surface area contributed by atoms with Gasteiger partial charge in [-0.25, -0.2) is 0 Å². The fourth-order valence-electron chi connectivity index (χ4n) is 5.44. The molecule has 0 aliphatic carbocycles. The van der Waals surface area contributed by atoms with E-state index in [0.717, 1.165) is 28.1 Å². The summed E-state index contributed by atoms with van der Waals surface area (Å²) in [5.41, 5.74) is 3.66. The third-order valence-electron chi connectivity index (χ3n) is 7.21. The lowest BCUT2D eigenvalue weighted by Gasteiger charge is -2.23. The number of carbonyl (C=O) groups excluding carboxylic acids is 2. The predicted octanol–water partition coefficient (Wildman–Crippen LogP) is 4.89. The summed E-state index contributed by atoms with van der Waals surface area (Å²) < 4.78 is 17.2. The van der Waals surface area contributed by atoms with Crippen LogP contribution in [0, 0.1) is 0 Å².